The number of aromatic hydroxyl groups is 3. The van der Waals surface area contributed by atoms with Gasteiger partial charge >= 0.3 is 5.97 Å². The lowest BCUT2D eigenvalue weighted by Gasteiger charge is -2.41. The number of phenols is 3. The van der Waals surface area contributed by atoms with E-state index in [9.17, 15) is 40.2 Å². The molecule has 42 heavy (non-hydrogen) atoms. The number of rotatable bonds is 7. The molecule has 220 valence electrons. The zero-order chi connectivity index (χ0) is 30.0. The quantitative estimate of drug-likeness (QED) is 0.176. The fourth-order valence-electron chi connectivity index (χ4n) is 4.70. The molecule has 1 fully saturated rings. The molecule has 2 aliphatic heterocycles. The smallest absolute Gasteiger partial charge is 0.331 e. The largest absolute Gasteiger partial charge is 0.508 e. The van der Waals surface area contributed by atoms with E-state index >= 15 is 0 Å². The summed E-state index contributed by atoms with van der Waals surface area (Å²) in [7, 11) is 0. The molecule has 3 aromatic rings. The van der Waals surface area contributed by atoms with Crippen LogP contribution in [0.2, 0.25) is 0 Å². The number of carbonyl (C=O) groups excluding carboxylic acids is 2. The van der Waals surface area contributed by atoms with Crippen molar-refractivity contribution in [2.45, 2.75) is 43.2 Å². The fraction of sp³-hybridized carbons (Fsp3) is 0.267. The maximum atomic E-state index is 12.8. The maximum Gasteiger partial charge on any atom is 0.331 e. The number of ether oxygens (including phenoxy) is 4. The van der Waals surface area contributed by atoms with Crippen molar-refractivity contribution >= 4 is 17.8 Å². The second-order valence-corrected chi connectivity index (χ2v) is 9.79. The zero-order valence-corrected chi connectivity index (χ0v) is 21.9. The van der Waals surface area contributed by atoms with Gasteiger partial charge < -0.3 is 49.6 Å². The number of fused-ring (bicyclic) bond motifs is 1. The Kier molecular flexibility index (Phi) is 8.31. The molecule has 5 rings (SSSR count). The van der Waals surface area contributed by atoms with Crippen LogP contribution in [0, 0.1) is 0 Å². The molecular weight excluding hydrogens is 552 g/mol. The van der Waals surface area contributed by atoms with E-state index in [1.165, 1.54) is 36.4 Å². The number of Topliss-reactive ketones (excluding diaryl/α,β-unsaturated/α-hetero) is 1. The summed E-state index contributed by atoms with van der Waals surface area (Å²) in [6.45, 7) is -0.702. The highest BCUT2D eigenvalue weighted by Crippen LogP contribution is 2.42. The van der Waals surface area contributed by atoms with Gasteiger partial charge in [0.25, 0.3) is 0 Å². The van der Waals surface area contributed by atoms with Crippen molar-refractivity contribution in [2.24, 2.45) is 0 Å². The Morgan fingerprint density at radius 3 is 2.29 bits per heavy atom. The predicted molar refractivity (Wildman–Crippen MR) is 144 cm³/mol. The Bertz CT molecular complexity index is 1470. The van der Waals surface area contributed by atoms with Gasteiger partial charge in [-0.15, -0.1) is 0 Å². The van der Waals surface area contributed by atoms with Crippen LogP contribution < -0.4 is 9.47 Å². The third-order valence-corrected chi connectivity index (χ3v) is 6.87. The van der Waals surface area contributed by atoms with Crippen molar-refractivity contribution in [3.63, 3.8) is 0 Å². The lowest BCUT2D eigenvalue weighted by Crippen LogP contribution is -2.61. The van der Waals surface area contributed by atoms with Gasteiger partial charge in [-0.2, -0.15) is 0 Å². The summed E-state index contributed by atoms with van der Waals surface area (Å²) < 4.78 is 22.5. The Morgan fingerprint density at radius 1 is 0.952 bits per heavy atom. The van der Waals surface area contributed by atoms with Crippen LogP contribution in [0.15, 0.2) is 66.7 Å². The Labute approximate surface area is 239 Å². The molecule has 12 nitrogen and oxygen atoms in total. The maximum absolute atomic E-state index is 12.8. The van der Waals surface area contributed by atoms with Crippen LogP contribution in [0.1, 0.15) is 34.0 Å². The molecule has 0 aliphatic carbocycles. The molecule has 2 heterocycles. The molecular formula is C30H28O12. The third kappa shape index (κ3) is 6.16. The summed E-state index contributed by atoms with van der Waals surface area (Å²) in [4.78, 5) is 25.3. The van der Waals surface area contributed by atoms with Crippen LogP contribution in [-0.4, -0.2) is 79.7 Å². The van der Waals surface area contributed by atoms with E-state index in [1.54, 1.807) is 24.3 Å². The van der Waals surface area contributed by atoms with Crippen LogP contribution in [-0.2, 0) is 14.3 Å². The summed E-state index contributed by atoms with van der Waals surface area (Å²) >= 11 is 0. The van der Waals surface area contributed by atoms with E-state index in [2.05, 4.69) is 0 Å². The molecule has 3 aromatic carbocycles. The van der Waals surface area contributed by atoms with Crippen LogP contribution in [0.25, 0.3) is 6.08 Å². The van der Waals surface area contributed by atoms with E-state index in [4.69, 9.17) is 18.9 Å². The summed E-state index contributed by atoms with van der Waals surface area (Å²) in [5.41, 5.74) is 1.14. The monoisotopic (exact) mass is 580 g/mol. The molecule has 0 radical (unpaired) electrons. The van der Waals surface area contributed by atoms with Crippen LogP contribution >= 0.6 is 0 Å². The van der Waals surface area contributed by atoms with Gasteiger partial charge in [-0.3, -0.25) is 4.79 Å². The molecule has 0 spiro atoms. The number of benzene rings is 3. The van der Waals surface area contributed by atoms with E-state index in [0.717, 1.165) is 12.1 Å². The Balaban J connectivity index is 1.33. The summed E-state index contributed by atoms with van der Waals surface area (Å²) in [6, 6.07) is 14.5. The lowest BCUT2D eigenvalue weighted by molar-refractivity contribution is -0.280. The van der Waals surface area contributed by atoms with Gasteiger partial charge in [-0.05, 0) is 41.5 Å². The van der Waals surface area contributed by atoms with Crippen molar-refractivity contribution in [3.8, 4) is 28.7 Å². The molecule has 0 amide bonds. The fourth-order valence-corrected chi connectivity index (χ4v) is 4.70. The average Bonchev–Trinajstić information content (AvgIpc) is 2.96. The number of hydrogen-bond acceptors (Lipinski definition) is 12. The number of esters is 1. The number of carbonyl (C=O) groups is 2. The van der Waals surface area contributed by atoms with Crippen LogP contribution in [0.4, 0.5) is 0 Å². The number of phenolic OH excluding ortho intramolecular Hbond substituents is 3. The van der Waals surface area contributed by atoms with E-state index in [0.29, 0.717) is 11.1 Å². The number of ketones is 1. The van der Waals surface area contributed by atoms with Crippen LogP contribution in [0.3, 0.4) is 0 Å². The molecule has 6 N–H and O–H groups in total. The van der Waals surface area contributed by atoms with Crippen LogP contribution in [0.5, 0.6) is 28.7 Å². The van der Waals surface area contributed by atoms with Crippen molar-refractivity contribution in [1.29, 1.82) is 0 Å². The molecule has 0 bridgehead atoms. The minimum Gasteiger partial charge on any atom is -0.508 e. The van der Waals surface area contributed by atoms with Crippen molar-refractivity contribution in [2.75, 3.05) is 6.61 Å². The first-order valence-corrected chi connectivity index (χ1v) is 13.0. The Morgan fingerprint density at radius 2 is 1.62 bits per heavy atom. The molecule has 0 unspecified atom stereocenters. The van der Waals surface area contributed by atoms with Crippen molar-refractivity contribution < 1.29 is 59.2 Å². The Hall–Kier alpha value is -4.62. The third-order valence-electron chi connectivity index (χ3n) is 6.87. The van der Waals surface area contributed by atoms with E-state index in [-0.39, 0.29) is 40.8 Å². The number of hydrogen-bond donors (Lipinski definition) is 6. The van der Waals surface area contributed by atoms with E-state index < -0.39 is 55.1 Å². The second kappa shape index (κ2) is 12.1. The predicted octanol–water partition coefficient (Wildman–Crippen LogP) is 1.95. The molecule has 6 atom stereocenters. The van der Waals surface area contributed by atoms with Crippen molar-refractivity contribution in [3.05, 3.63) is 83.4 Å². The van der Waals surface area contributed by atoms with Crippen molar-refractivity contribution in [1.82, 2.24) is 0 Å². The molecule has 0 aromatic heterocycles. The average molecular weight is 581 g/mol. The first-order chi connectivity index (χ1) is 20.1. The minimum atomic E-state index is -1.74. The summed E-state index contributed by atoms with van der Waals surface area (Å²) in [5, 5.41) is 60.8. The van der Waals surface area contributed by atoms with Gasteiger partial charge in [-0.25, -0.2) is 4.79 Å². The van der Waals surface area contributed by atoms with Gasteiger partial charge in [0.05, 0.1) is 13.0 Å². The first kappa shape index (κ1) is 28.9. The second-order valence-electron chi connectivity index (χ2n) is 9.79. The lowest BCUT2D eigenvalue weighted by atomic mass is 9.95. The van der Waals surface area contributed by atoms with Gasteiger partial charge in [0.1, 0.15) is 52.6 Å². The molecule has 2 aliphatic rings. The summed E-state index contributed by atoms with van der Waals surface area (Å²) in [6.07, 6.45) is -6.09. The van der Waals surface area contributed by atoms with Gasteiger partial charge in [0.15, 0.2) is 18.0 Å². The normalized spacial score (nSPS) is 25.5. The highest BCUT2D eigenvalue weighted by atomic mass is 16.7. The first-order valence-electron chi connectivity index (χ1n) is 13.0. The summed E-state index contributed by atoms with van der Waals surface area (Å²) in [5.74, 6) is -1.73. The van der Waals surface area contributed by atoms with E-state index in [1.807, 2.05) is 0 Å². The molecule has 1 saturated heterocycles. The topological polar surface area (TPSA) is 192 Å². The molecule has 12 heteroatoms. The standard InChI is InChI=1S/C30H28O12/c31-14-24-27(37)29(42-25(36)10-3-15-1-6-17(32)7-2-15)28(38)30(41-24)39-19-11-20(34)26-21(35)13-22(40-23(26)12-19)16-4-8-18(33)9-5-16/h1-12,22,24,27-34,37-38H,13-14H2/t22-,24-,27-,28-,29+,30+/m0/s1. The minimum absolute atomic E-state index is 0.00529. The van der Waals surface area contributed by atoms with Gasteiger partial charge in [-0.1, -0.05) is 24.3 Å². The molecule has 0 saturated carbocycles. The van der Waals surface area contributed by atoms with Gasteiger partial charge in [0, 0.05) is 18.2 Å². The highest BCUT2D eigenvalue weighted by Gasteiger charge is 2.48. The zero-order valence-electron chi connectivity index (χ0n) is 21.9. The number of aliphatic hydroxyl groups excluding tert-OH is 3. The SMILES string of the molecule is O=C(C=Cc1ccc(O)cc1)O[C@H]1[C@H](O)[C@H](Oc2cc(O)c3c(c2)O[C@H](c2ccc(O)cc2)CC3=O)O[C@@H](CO)[C@@H]1O. The highest BCUT2D eigenvalue weighted by molar-refractivity contribution is 6.02. The number of aliphatic hydroxyl groups is 3. The van der Waals surface area contributed by atoms with Gasteiger partial charge in [0.2, 0.25) is 6.29 Å².